The third-order valence-electron chi connectivity index (χ3n) is 1.94. The molecule has 0 bridgehead atoms. The number of terminal acetylenes is 1. The van der Waals surface area contributed by atoms with Crippen molar-refractivity contribution in [1.82, 2.24) is 14.8 Å². The predicted octanol–water partition coefficient (Wildman–Crippen LogP) is 1.29. The number of aromatic nitrogens is 3. The van der Waals surface area contributed by atoms with Crippen LogP contribution >= 0.6 is 11.8 Å². The van der Waals surface area contributed by atoms with Crippen molar-refractivity contribution in [2.75, 3.05) is 5.75 Å². The summed E-state index contributed by atoms with van der Waals surface area (Å²) in [5.41, 5.74) is 0.520. The summed E-state index contributed by atoms with van der Waals surface area (Å²) in [6, 6.07) is 9.31. The van der Waals surface area contributed by atoms with Crippen LogP contribution in [-0.4, -0.2) is 20.5 Å². The fourth-order valence-electron chi connectivity index (χ4n) is 1.29. The maximum absolute atomic E-state index is 11.6. The van der Waals surface area contributed by atoms with E-state index in [2.05, 4.69) is 16.1 Å². The van der Waals surface area contributed by atoms with Gasteiger partial charge in [0.05, 0.1) is 11.4 Å². The number of H-pyrrole nitrogens is 1. The van der Waals surface area contributed by atoms with Gasteiger partial charge in [-0.2, -0.15) is 0 Å². The standard InChI is InChI=1S/C11H9N3OS/c1-2-8-16-11-13-12-10(15)14(11)9-6-4-3-5-7-9/h1,3-7H,8H2,(H,12,15). The molecule has 1 aromatic carbocycles. The van der Waals surface area contributed by atoms with Crippen molar-refractivity contribution < 1.29 is 0 Å². The molecule has 80 valence electrons. The molecule has 2 aromatic rings. The summed E-state index contributed by atoms with van der Waals surface area (Å²) in [6.07, 6.45) is 5.18. The fourth-order valence-corrected chi connectivity index (χ4v) is 1.93. The summed E-state index contributed by atoms with van der Waals surface area (Å²) in [6.45, 7) is 0. The predicted molar refractivity (Wildman–Crippen MR) is 63.7 cm³/mol. The van der Waals surface area contributed by atoms with Crippen LogP contribution in [0.5, 0.6) is 0 Å². The second-order valence-corrected chi connectivity index (χ2v) is 3.92. The van der Waals surface area contributed by atoms with Crippen LogP contribution in [0.1, 0.15) is 0 Å². The average molecular weight is 231 g/mol. The molecule has 16 heavy (non-hydrogen) atoms. The normalized spacial score (nSPS) is 9.94. The Balaban J connectivity index is 2.44. The molecule has 4 nitrogen and oxygen atoms in total. The first-order valence-corrected chi connectivity index (χ1v) is 5.60. The number of hydrogen-bond donors (Lipinski definition) is 1. The third-order valence-corrected chi connectivity index (χ3v) is 2.78. The van der Waals surface area contributed by atoms with E-state index in [9.17, 15) is 4.79 Å². The Kier molecular flexibility index (Phi) is 3.13. The summed E-state index contributed by atoms with van der Waals surface area (Å²) >= 11 is 1.35. The number of nitrogens with zero attached hydrogens (tertiary/aromatic N) is 2. The molecule has 0 spiro atoms. The molecule has 1 aromatic heterocycles. The molecule has 0 radical (unpaired) electrons. The van der Waals surface area contributed by atoms with Crippen molar-refractivity contribution in [3.8, 4) is 18.0 Å². The van der Waals surface area contributed by atoms with E-state index in [1.807, 2.05) is 30.3 Å². The molecule has 0 amide bonds. The number of para-hydroxylation sites is 1. The van der Waals surface area contributed by atoms with E-state index in [-0.39, 0.29) is 5.69 Å². The van der Waals surface area contributed by atoms with Gasteiger partial charge in [-0.3, -0.25) is 0 Å². The van der Waals surface area contributed by atoms with E-state index in [4.69, 9.17) is 6.42 Å². The molecule has 1 heterocycles. The highest BCUT2D eigenvalue weighted by atomic mass is 32.2. The van der Waals surface area contributed by atoms with Crippen LogP contribution in [0.4, 0.5) is 0 Å². The van der Waals surface area contributed by atoms with Gasteiger partial charge in [-0.25, -0.2) is 14.5 Å². The first-order valence-electron chi connectivity index (χ1n) is 4.62. The van der Waals surface area contributed by atoms with Crippen LogP contribution in [0.25, 0.3) is 5.69 Å². The molecule has 0 aliphatic carbocycles. The molecule has 0 saturated heterocycles. The minimum Gasteiger partial charge on any atom is -0.246 e. The zero-order chi connectivity index (χ0) is 11.4. The monoisotopic (exact) mass is 231 g/mol. The van der Waals surface area contributed by atoms with E-state index in [1.165, 1.54) is 16.3 Å². The van der Waals surface area contributed by atoms with E-state index in [0.29, 0.717) is 10.9 Å². The van der Waals surface area contributed by atoms with E-state index in [1.54, 1.807) is 0 Å². The third kappa shape index (κ3) is 2.02. The molecular weight excluding hydrogens is 222 g/mol. The van der Waals surface area contributed by atoms with Crippen LogP contribution in [-0.2, 0) is 0 Å². The first kappa shape index (κ1) is 10.6. The first-order chi connectivity index (χ1) is 7.83. The Morgan fingerprint density at radius 1 is 1.44 bits per heavy atom. The molecule has 0 fully saturated rings. The Bertz CT molecular complexity index is 565. The van der Waals surface area contributed by atoms with Gasteiger partial charge in [-0.15, -0.1) is 11.5 Å². The van der Waals surface area contributed by atoms with Gasteiger partial charge < -0.3 is 0 Å². The van der Waals surface area contributed by atoms with Crippen molar-refractivity contribution in [2.45, 2.75) is 5.16 Å². The van der Waals surface area contributed by atoms with Gasteiger partial charge in [0.15, 0.2) is 5.16 Å². The Morgan fingerprint density at radius 3 is 2.88 bits per heavy atom. The summed E-state index contributed by atoms with van der Waals surface area (Å²) in [5.74, 6) is 2.98. The maximum Gasteiger partial charge on any atom is 0.348 e. The van der Waals surface area contributed by atoms with Gasteiger partial charge in [0.25, 0.3) is 0 Å². The minimum atomic E-state index is -0.259. The number of benzene rings is 1. The highest BCUT2D eigenvalue weighted by Crippen LogP contribution is 2.16. The van der Waals surface area contributed by atoms with Gasteiger partial charge in [0.1, 0.15) is 0 Å². The lowest BCUT2D eigenvalue weighted by Gasteiger charge is -2.02. The molecule has 0 unspecified atom stereocenters. The van der Waals surface area contributed by atoms with Crippen molar-refractivity contribution >= 4 is 11.8 Å². The van der Waals surface area contributed by atoms with Crippen LogP contribution < -0.4 is 5.69 Å². The lowest BCUT2D eigenvalue weighted by molar-refractivity contribution is 0.872. The fraction of sp³-hybridized carbons (Fsp3) is 0.0909. The van der Waals surface area contributed by atoms with Crippen molar-refractivity contribution in [3.05, 3.63) is 40.8 Å². The second kappa shape index (κ2) is 4.73. The number of hydrogen-bond acceptors (Lipinski definition) is 3. The zero-order valence-corrected chi connectivity index (χ0v) is 9.20. The Labute approximate surface area is 96.7 Å². The Hall–Kier alpha value is -1.93. The van der Waals surface area contributed by atoms with E-state index >= 15 is 0 Å². The highest BCUT2D eigenvalue weighted by molar-refractivity contribution is 7.99. The molecule has 0 aliphatic heterocycles. The van der Waals surface area contributed by atoms with Gasteiger partial charge >= 0.3 is 5.69 Å². The largest absolute Gasteiger partial charge is 0.348 e. The topological polar surface area (TPSA) is 50.7 Å². The second-order valence-electron chi connectivity index (χ2n) is 2.98. The smallest absolute Gasteiger partial charge is 0.246 e. The van der Waals surface area contributed by atoms with Crippen LogP contribution in [0.3, 0.4) is 0 Å². The molecule has 1 N–H and O–H groups in total. The minimum absolute atomic E-state index is 0.259. The van der Waals surface area contributed by atoms with Crippen LogP contribution in [0.2, 0.25) is 0 Å². The lowest BCUT2D eigenvalue weighted by atomic mass is 10.3. The van der Waals surface area contributed by atoms with Crippen molar-refractivity contribution in [2.24, 2.45) is 0 Å². The Morgan fingerprint density at radius 2 is 2.19 bits per heavy atom. The van der Waals surface area contributed by atoms with Crippen LogP contribution in [0, 0.1) is 12.3 Å². The van der Waals surface area contributed by atoms with Gasteiger partial charge in [0, 0.05) is 0 Å². The highest BCUT2D eigenvalue weighted by Gasteiger charge is 2.09. The van der Waals surface area contributed by atoms with E-state index < -0.39 is 0 Å². The molecular formula is C11H9N3OS. The number of nitrogens with one attached hydrogen (secondary N) is 1. The molecule has 5 heteroatoms. The zero-order valence-electron chi connectivity index (χ0n) is 8.38. The van der Waals surface area contributed by atoms with Gasteiger partial charge in [-0.1, -0.05) is 35.9 Å². The quantitative estimate of drug-likeness (QED) is 0.639. The van der Waals surface area contributed by atoms with Crippen molar-refractivity contribution in [3.63, 3.8) is 0 Å². The maximum atomic E-state index is 11.6. The van der Waals surface area contributed by atoms with E-state index in [0.717, 1.165) is 5.69 Å². The van der Waals surface area contributed by atoms with Gasteiger partial charge in [0.2, 0.25) is 0 Å². The van der Waals surface area contributed by atoms with Crippen molar-refractivity contribution in [1.29, 1.82) is 0 Å². The molecule has 0 aliphatic rings. The SMILES string of the molecule is C#CCSc1n[nH]c(=O)n1-c1ccccc1. The summed E-state index contributed by atoms with van der Waals surface area (Å²) in [5, 5.41) is 6.91. The summed E-state index contributed by atoms with van der Waals surface area (Å²) < 4.78 is 1.50. The molecule has 0 atom stereocenters. The number of thioether (sulfide) groups is 1. The lowest BCUT2D eigenvalue weighted by Crippen LogP contribution is -2.15. The summed E-state index contributed by atoms with van der Waals surface area (Å²) in [7, 11) is 0. The average Bonchev–Trinajstić information content (AvgIpc) is 2.69. The van der Waals surface area contributed by atoms with Gasteiger partial charge in [-0.05, 0) is 12.1 Å². The number of rotatable bonds is 3. The molecule has 0 saturated carbocycles. The molecule has 2 rings (SSSR count). The number of aromatic amines is 1. The van der Waals surface area contributed by atoms with Crippen LogP contribution in [0.15, 0.2) is 40.3 Å². The summed E-state index contributed by atoms with van der Waals surface area (Å²) in [4.78, 5) is 11.6.